The summed E-state index contributed by atoms with van der Waals surface area (Å²) in [4.78, 5) is 24.5. The quantitative estimate of drug-likeness (QED) is 0.554. The first kappa shape index (κ1) is 26.2. The summed E-state index contributed by atoms with van der Waals surface area (Å²) in [5.41, 5.74) is 1.83. The Bertz CT molecular complexity index is 992. The number of hydrogen-bond acceptors (Lipinski definition) is 5. The SMILES string of the molecule is CC[C@H]1CN(c2ncc(C(=O)NC(C)C)cc2Cl)CCN1C1CCN(Cc2ccc(Cl)cc2)CC1. The lowest BCUT2D eigenvalue weighted by molar-refractivity contribution is 0.0610. The molecule has 8 heteroatoms. The maximum atomic E-state index is 12.3. The zero-order valence-corrected chi connectivity index (χ0v) is 22.5. The summed E-state index contributed by atoms with van der Waals surface area (Å²) in [6, 6.07) is 11.1. The number of carbonyl (C=O) groups is 1. The number of hydrogen-bond donors (Lipinski definition) is 1. The number of likely N-dealkylation sites (tertiary alicyclic amines) is 1. The van der Waals surface area contributed by atoms with Crippen LogP contribution in [0.15, 0.2) is 36.5 Å². The average Bonchev–Trinajstić information content (AvgIpc) is 2.85. The number of piperazine rings is 1. The number of benzene rings is 1. The fraction of sp³-hybridized carbons (Fsp3) is 0.556. The van der Waals surface area contributed by atoms with Crippen LogP contribution in [0.25, 0.3) is 0 Å². The van der Waals surface area contributed by atoms with E-state index in [0.717, 1.165) is 56.5 Å². The van der Waals surface area contributed by atoms with Crippen LogP contribution in [0.1, 0.15) is 56.0 Å². The summed E-state index contributed by atoms with van der Waals surface area (Å²) < 4.78 is 0. The monoisotopic (exact) mass is 517 g/mol. The van der Waals surface area contributed by atoms with Crippen molar-refractivity contribution in [1.82, 2.24) is 20.1 Å². The van der Waals surface area contributed by atoms with E-state index in [-0.39, 0.29) is 11.9 Å². The lowest BCUT2D eigenvalue weighted by atomic mass is 9.98. The Balaban J connectivity index is 1.33. The highest BCUT2D eigenvalue weighted by Gasteiger charge is 2.34. The van der Waals surface area contributed by atoms with Gasteiger partial charge in [0, 0.05) is 55.5 Å². The zero-order chi connectivity index (χ0) is 24.9. The molecular weight excluding hydrogens is 481 g/mol. The van der Waals surface area contributed by atoms with Gasteiger partial charge in [-0.15, -0.1) is 0 Å². The normalized spacial score (nSPS) is 20.4. The number of aromatic nitrogens is 1. The van der Waals surface area contributed by atoms with Gasteiger partial charge >= 0.3 is 0 Å². The highest BCUT2D eigenvalue weighted by molar-refractivity contribution is 6.33. The number of anilines is 1. The molecule has 0 unspecified atom stereocenters. The number of amides is 1. The maximum Gasteiger partial charge on any atom is 0.253 e. The molecule has 190 valence electrons. The number of nitrogens with one attached hydrogen (secondary N) is 1. The molecule has 0 spiro atoms. The van der Waals surface area contributed by atoms with Crippen LogP contribution < -0.4 is 10.2 Å². The van der Waals surface area contributed by atoms with E-state index < -0.39 is 0 Å². The lowest BCUT2D eigenvalue weighted by Gasteiger charge is -2.47. The second-order valence-corrected chi connectivity index (χ2v) is 10.9. The molecule has 2 saturated heterocycles. The van der Waals surface area contributed by atoms with Crippen LogP contribution in [0, 0.1) is 0 Å². The molecule has 0 bridgehead atoms. The Morgan fingerprint density at radius 2 is 1.83 bits per heavy atom. The van der Waals surface area contributed by atoms with Gasteiger partial charge in [0.25, 0.3) is 5.91 Å². The number of rotatable bonds is 7. The van der Waals surface area contributed by atoms with E-state index >= 15 is 0 Å². The Hall–Kier alpha value is -1.86. The molecule has 4 rings (SSSR count). The largest absolute Gasteiger partial charge is 0.353 e. The molecule has 0 saturated carbocycles. The molecule has 1 amide bonds. The maximum absolute atomic E-state index is 12.3. The van der Waals surface area contributed by atoms with Crippen LogP contribution in [-0.2, 0) is 6.54 Å². The minimum Gasteiger partial charge on any atom is -0.353 e. The van der Waals surface area contributed by atoms with Gasteiger partial charge in [-0.05, 0) is 70.0 Å². The van der Waals surface area contributed by atoms with Gasteiger partial charge in [0.1, 0.15) is 5.82 Å². The highest BCUT2D eigenvalue weighted by atomic mass is 35.5. The van der Waals surface area contributed by atoms with E-state index in [4.69, 9.17) is 23.2 Å². The first-order valence-electron chi connectivity index (χ1n) is 12.8. The Morgan fingerprint density at radius 1 is 1.11 bits per heavy atom. The zero-order valence-electron chi connectivity index (χ0n) is 21.0. The van der Waals surface area contributed by atoms with Gasteiger partial charge in [-0.2, -0.15) is 0 Å². The van der Waals surface area contributed by atoms with Gasteiger partial charge in [-0.3, -0.25) is 14.6 Å². The Kier molecular flexibility index (Phi) is 8.92. The predicted molar refractivity (Wildman–Crippen MR) is 145 cm³/mol. The van der Waals surface area contributed by atoms with Crippen LogP contribution in [0.3, 0.4) is 0 Å². The van der Waals surface area contributed by atoms with Crippen molar-refractivity contribution in [2.45, 2.75) is 64.7 Å². The third kappa shape index (κ3) is 6.67. The van der Waals surface area contributed by atoms with Gasteiger partial charge < -0.3 is 10.2 Å². The van der Waals surface area contributed by atoms with E-state index in [1.54, 1.807) is 12.3 Å². The van der Waals surface area contributed by atoms with Gasteiger partial charge in [-0.25, -0.2) is 4.98 Å². The van der Waals surface area contributed by atoms with Crippen LogP contribution in [0.2, 0.25) is 10.0 Å². The van der Waals surface area contributed by atoms with Gasteiger partial charge in [0.15, 0.2) is 0 Å². The van der Waals surface area contributed by atoms with E-state index in [2.05, 4.69) is 44.1 Å². The van der Waals surface area contributed by atoms with Crippen LogP contribution >= 0.6 is 23.2 Å². The molecule has 2 fully saturated rings. The Labute approximate surface area is 219 Å². The summed E-state index contributed by atoms with van der Waals surface area (Å²) in [5, 5.41) is 4.23. The van der Waals surface area contributed by atoms with Crippen LogP contribution in [0.4, 0.5) is 5.82 Å². The third-order valence-electron chi connectivity index (χ3n) is 7.15. The van der Waals surface area contributed by atoms with Gasteiger partial charge in [0.05, 0.1) is 10.6 Å². The molecule has 2 aromatic rings. The van der Waals surface area contributed by atoms with Crippen LogP contribution in [0.5, 0.6) is 0 Å². The minimum atomic E-state index is -0.139. The van der Waals surface area contributed by atoms with Crippen molar-refractivity contribution >= 4 is 34.9 Å². The summed E-state index contributed by atoms with van der Waals surface area (Å²) in [7, 11) is 0. The first-order chi connectivity index (χ1) is 16.8. The third-order valence-corrected chi connectivity index (χ3v) is 7.68. The van der Waals surface area contributed by atoms with E-state index in [1.807, 2.05) is 26.0 Å². The Morgan fingerprint density at radius 3 is 2.46 bits per heavy atom. The molecule has 1 atom stereocenters. The lowest BCUT2D eigenvalue weighted by Crippen LogP contribution is -2.58. The molecule has 6 nitrogen and oxygen atoms in total. The van der Waals surface area contributed by atoms with Gasteiger partial charge in [-0.1, -0.05) is 42.3 Å². The minimum absolute atomic E-state index is 0.0728. The molecular formula is C27H37Cl2N5O. The van der Waals surface area contributed by atoms with Crippen molar-refractivity contribution in [2.75, 3.05) is 37.6 Å². The average molecular weight is 519 g/mol. The molecule has 0 aliphatic carbocycles. The second kappa shape index (κ2) is 11.9. The van der Waals surface area contributed by atoms with E-state index in [9.17, 15) is 4.79 Å². The van der Waals surface area contributed by atoms with Crippen molar-refractivity contribution < 1.29 is 4.79 Å². The van der Waals surface area contributed by atoms with Crippen molar-refractivity contribution in [3.8, 4) is 0 Å². The fourth-order valence-corrected chi connectivity index (χ4v) is 5.71. The van der Waals surface area contributed by atoms with Crippen molar-refractivity contribution in [3.63, 3.8) is 0 Å². The highest BCUT2D eigenvalue weighted by Crippen LogP contribution is 2.30. The smallest absolute Gasteiger partial charge is 0.253 e. The summed E-state index contributed by atoms with van der Waals surface area (Å²) in [5.74, 6) is 0.642. The van der Waals surface area contributed by atoms with Crippen molar-refractivity contribution in [3.05, 3.63) is 57.7 Å². The number of pyridine rings is 1. The molecule has 1 N–H and O–H groups in total. The standard InChI is InChI=1S/C27H37Cl2N5O/c1-4-23-18-33(26-25(29)15-21(16-30-26)27(35)31-19(2)3)13-14-34(23)24-9-11-32(12-10-24)17-20-5-7-22(28)8-6-20/h5-8,15-16,19,23-24H,4,9-14,17-18H2,1-3H3,(H,31,35)/t23-/m0/s1. The van der Waals surface area contributed by atoms with Crippen LogP contribution in [-0.4, -0.2) is 71.5 Å². The first-order valence-corrected chi connectivity index (χ1v) is 13.5. The number of nitrogens with zero attached hydrogens (tertiary/aromatic N) is 4. The fourth-order valence-electron chi connectivity index (χ4n) is 5.30. The van der Waals surface area contributed by atoms with E-state index in [0.29, 0.717) is 22.7 Å². The van der Waals surface area contributed by atoms with E-state index in [1.165, 1.54) is 18.4 Å². The summed E-state index contributed by atoms with van der Waals surface area (Å²) in [6.07, 6.45) is 5.13. The molecule has 0 radical (unpaired) electrons. The topological polar surface area (TPSA) is 51.7 Å². The molecule has 1 aromatic heterocycles. The van der Waals surface area contributed by atoms with Crippen molar-refractivity contribution in [2.24, 2.45) is 0 Å². The second-order valence-electron chi connectivity index (χ2n) is 10.0. The number of carbonyl (C=O) groups excluding carboxylic acids is 1. The molecule has 2 aliphatic heterocycles. The number of halogens is 2. The summed E-state index contributed by atoms with van der Waals surface area (Å²) >= 11 is 12.6. The summed E-state index contributed by atoms with van der Waals surface area (Å²) in [6.45, 7) is 12.2. The van der Waals surface area contributed by atoms with Crippen molar-refractivity contribution in [1.29, 1.82) is 0 Å². The molecule has 3 heterocycles. The van der Waals surface area contributed by atoms with Gasteiger partial charge in [0.2, 0.25) is 0 Å². The molecule has 2 aliphatic rings. The molecule has 1 aromatic carbocycles. The number of piperidine rings is 1. The predicted octanol–water partition coefficient (Wildman–Crippen LogP) is 5.09. The molecule has 35 heavy (non-hydrogen) atoms.